The number of rotatable bonds is 15. The first kappa shape index (κ1) is 71.6. The van der Waals surface area contributed by atoms with Crippen molar-refractivity contribution in [3.63, 3.8) is 0 Å². The monoisotopic (exact) mass is 1120 g/mol. The highest BCUT2D eigenvalue weighted by Gasteiger charge is 2.50. The van der Waals surface area contributed by atoms with Crippen LogP contribution in [0.25, 0.3) is 0 Å². The molecule has 2 aliphatic heterocycles. The van der Waals surface area contributed by atoms with Gasteiger partial charge in [0.1, 0.15) is 18.3 Å². The highest BCUT2D eigenvalue weighted by molar-refractivity contribution is 5.88. The van der Waals surface area contributed by atoms with E-state index in [2.05, 4.69) is 43.2 Å². The molecular formula is C61H107N3O15. The molecule has 18 atom stereocenters. The van der Waals surface area contributed by atoms with E-state index in [-0.39, 0.29) is 69.6 Å². The number of esters is 2. The molecule has 0 radical (unpaired) electrons. The maximum atomic E-state index is 13.7. The zero-order chi connectivity index (χ0) is 59.4. The van der Waals surface area contributed by atoms with Crippen molar-refractivity contribution in [2.45, 2.75) is 257 Å². The van der Waals surface area contributed by atoms with Crippen molar-refractivity contribution in [2.24, 2.45) is 46.2 Å². The summed E-state index contributed by atoms with van der Waals surface area (Å²) in [7, 11) is 1.63. The summed E-state index contributed by atoms with van der Waals surface area (Å²) < 4.78 is 18.2. The number of carbonyl (C=O) groups excluding carboxylic acids is 2. The van der Waals surface area contributed by atoms with Crippen molar-refractivity contribution >= 4 is 17.9 Å². The normalized spacial score (nSPS) is 37.1. The van der Waals surface area contributed by atoms with Crippen LogP contribution in [0.2, 0.25) is 0 Å². The lowest BCUT2D eigenvalue weighted by Gasteiger charge is -2.45. The quantitative estimate of drug-likeness (QED) is 0.0289. The van der Waals surface area contributed by atoms with Crippen molar-refractivity contribution in [3.8, 4) is 0 Å². The average molecular weight is 1120 g/mol. The lowest BCUT2D eigenvalue weighted by molar-refractivity contribution is -0.333. The number of nitrogens with one attached hydrogen (secondary N) is 1. The summed E-state index contributed by atoms with van der Waals surface area (Å²) in [5.41, 5.74) is 6.59. The number of allylic oxidation sites excluding steroid dienone is 6. The molecule has 13 N–H and O–H groups in total. The molecule has 1 fully saturated rings. The number of hydrogen-bond acceptors (Lipinski definition) is 16. The van der Waals surface area contributed by atoms with E-state index in [1.165, 1.54) is 0 Å². The number of aliphatic hydroxyl groups is 10. The average Bonchev–Trinajstić information content (AvgIpc) is 3.38. The number of unbranched alkanes of at least 4 members (excludes halogenated alkanes) is 3. The largest absolute Gasteiger partial charge is 0.462 e. The van der Waals surface area contributed by atoms with Gasteiger partial charge in [0, 0.05) is 81.9 Å². The van der Waals surface area contributed by atoms with Gasteiger partial charge in [-0.05, 0) is 95.0 Å². The SMILES string of the molecule is CN=C(N)NCCC/C=C/CCC[C@H](C)[C@@H]1OC(=O)/C(C)=C\C=C\[C@@H](C)[C@@H](O)C[C@@H](O)[C@H](C)[C@H](O)CC[C@H](C)[C@@H](O)C[C@@]2(O)O[C@@H](C[C@H](OC(=O)CCCCC(C)C)C[C@@H](O)C[C@H](O)C[C@@H](O)/C(C)=C/C=C/[C@H]1C)C[C@@H](O)[C@@H]2O. The number of ether oxygens (including phenoxy) is 3. The predicted molar refractivity (Wildman–Crippen MR) is 308 cm³/mol. The number of fused-ring (bicyclic) bond motifs is 2. The molecule has 2 bridgehead atoms. The molecule has 0 aromatic heterocycles. The molecule has 0 aromatic carbocycles. The lowest BCUT2D eigenvalue weighted by Crippen LogP contribution is -2.60. The van der Waals surface area contributed by atoms with Crippen LogP contribution in [-0.4, -0.2) is 162 Å². The first-order chi connectivity index (χ1) is 37.2. The molecule has 79 heavy (non-hydrogen) atoms. The first-order valence-corrected chi connectivity index (χ1v) is 29.4. The van der Waals surface area contributed by atoms with Gasteiger partial charge in [-0.25, -0.2) is 4.79 Å². The highest BCUT2D eigenvalue weighted by atomic mass is 16.7. The fourth-order valence-corrected chi connectivity index (χ4v) is 10.2. The standard InChI is InChI=1S/C61H107N3O15/c1-38(2)21-16-17-27-56(73)77-48-32-46(65)31-47(66)33-51(68)39(3)23-19-25-43(7)57(42(6)22-15-13-11-12-14-18-30-64-60(62)63-10)78-59(75)44(8)26-20-24-40(4)52(69)36-53(70)45(9)50(67)29-28-41(5)55(72)37-61(76)58(74)54(71)35-49(34-48)79-61/h11-12,19-20,23-26,38,40-43,45-55,57-58,65-72,74,76H,13-18,21-22,27-37H2,1-10H3,(H3,62,63,64)/b12-11+,24-20+,25-19+,39-23+,44-26-/t40-,41+,42+,43-,45-,46+,47+,48-,49+,50-,51-,52+,53-,54-,55+,57+,58+,61-/m1/s1. The Labute approximate surface area is 473 Å². The third-order valence-corrected chi connectivity index (χ3v) is 15.9. The molecule has 0 spiro atoms. The summed E-state index contributed by atoms with van der Waals surface area (Å²) in [6, 6.07) is 0. The van der Waals surface area contributed by atoms with E-state index in [1.54, 1.807) is 72.0 Å². The topological polar surface area (TPSA) is 315 Å². The number of cyclic esters (lactones) is 1. The fourth-order valence-electron chi connectivity index (χ4n) is 10.2. The van der Waals surface area contributed by atoms with Crippen LogP contribution in [0.3, 0.4) is 0 Å². The Morgan fingerprint density at radius 1 is 0.772 bits per heavy atom. The van der Waals surface area contributed by atoms with E-state index in [0.717, 1.165) is 51.5 Å². The van der Waals surface area contributed by atoms with Crippen molar-refractivity contribution in [1.29, 1.82) is 0 Å². The smallest absolute Gasteiger partial charge is 0.334 e. The van der Waals surface area contributed by atoms with Crippen molar-refractivity contribution < 1.29 is 74.9 Å². The van der Waals surface area contributed by atoms with E-state index < -0.39 is 115 Å². The minimum absolute atomic E-state index is 0.0388. The Hall–Kier alpha value is -3.53. The van der Waals surface area contributed by atoms with Crippen LogP contribution in [-0.2, 0) is 23.8 Å². The molecule has 2 aliphatic rings. The molecule has 0 unspecified atom stereocenters. The van der Waals surface area contributed by atoms with Crippen LogP contribution in [0.4, 0.5) is 0 Å². The van der Waals surface area contributed by atoms with Gasteiger partial charge in [0.2, 0.25) is 0 Å². The molecule has 2 heterocycles. The molecule has 0 saturated carbocycles. The minimum atomic E-state index is -2.43. The van der Waals surface area contributed by atoms with Crippen LogP contribution in [0.15, 0.2) is 64.7 Å². The number of hydrogen-bond donors (Lipinski definition) is 12. The van der Waals surface area contributed by atoms with Crippen LogP contribution in [0.1, 0.15) is 178 Å². The summed E-state index contributed by atoms with van der Waals surface area (Å²) in [5, 5.41) is 115. The van der Waals surface area contributed by atoms with E-state index in [0.29, 0.717) is 29.4 Å². The maximum absolute atomic E-state index is 13.7. The summed E-state index contributed by atoms with van der Waals surface area (Å²) in [5.74, 6) is -4.55. The third kappa shape index (κ3) is 27.9. The molecule has 0 aliphatic carbocycles. The number of nitrogens with zero attached hydrogens (tertiary/aromatic N) is 1. The van der Waals surface area contributed by atoms with Gasteiger partial charge in [0.25, 0.3) is 0 Å². The fraction of sp³-hybridized carbons (Fsp3) is 0.787. The van der Waals surface area contributed by atoms with Gasteiger partial charge in [-0.3, -0.25) is 9.79 Å². The van der Waals surface area contributed by atoms with Gasteiger partial charge in [-0.1, -0.05) is 110 Å². The molecule has 0 aromatic rings. The van der Waals surface area contributed by atoms with E-state index in [4.69, 9.17) is 19.9 Å². The number of nitrogens with two attached hydrogens (primary N) is 1. The second-order valence-electron chi connectivity index (χ2n) is 23.6. The summed E-state index contributed by atoms with van der Waals surface area (Å²) >= 11 is 0. The summed E-state index contributed by atoms with van der Waals surface area (Å²) in [6.45, 7) is 17.4. The van der Waals surface area contributed by atoms with Crippen LogP contribution in [0, 0.1) is 35.5 Å². The first-order valence-electron chi connectivity index (χ1n) is 29.4. The molecular weight excluding hydrogens is 1010 g/mol. The van der Waals surface area contributed by atoms with E-state index >= 15 is 0 Å². The minimum Gasteiger partial charge on any atom is -0.462 e. The number of guanidine groups is 1. The number of aliphatic imine (C=N–C) groups is 1. The Bertz CT molecular complexity index is 1930. The van der Waals surface area contributed by atoms with Crippen molar-refractivity contribution in [3.05, 3.63) is 59.8 Å². The van der Waals surface area contributed by atoms with E-state index in [9.17, 15) is 60.7 Å². The highest BCUT2D eigenvalue weighted by Crippen LogP contribution is 2.36. The summed E-state index contributed by atoms with van der Waals surface area (Å²) in [4.78, 5) is 30.8. The lowest BCUT2D eigenvalue weighted by atomic mass is 9.84. The van der Waals surface area contributed by atoms with Crippen molar-refractivity contribution in [2.75, 3.05) is 13.6 Å². The molecule has 0 amide bonds. The Morgan fingerprint density at radius 2 is 1.42 bits per heavy atom. The second-order valence-corrected chi connectivity index (χ2v) is 23.6. The molecule has 18 nitrogen and oxygen atoms in total. The molecule has 2 rings (SSSR count). The Balaban J connectivity index is 2.44. The molecule has 456 valence electrons. The maximum Gasteiger partial charge on any atom is 0.334 e. The van der Waals surface area contributed by atoms with Gasteiger partial charge < -0.3 is 76.3 Å². The number of aliphatic hydroxyl groups excluding tert-OH is 9. The van der Waals surface area contributed by atoms with Gasteiger partial charge in [-0.15, -0.1) is 0 Å². The summed E-state index contributed by atoms with van der Waals surface area (Å²) in [6.07, 6.45) is 6.83. The number of carbonyl (C=O) groups is 2. The molecule has 1 saturated heterocycles. The van der Waals surface area contributed by atoms with Crippen LogP contribution >= 0.6 is 0 Å². The second kappa shape index (κ2) is 37.5. The van der Waals surface area contributed by atoms with Crippen LogP contribution in [0.5, 0.6) is 0 Å². The molecule has 18 heteroatoms. The van der Waals surface area contributed by atoms with Gasteiger partial charge in [0.15, 0.2) is 11.7 Å². The third-order valence-electron chi connectivity index (χ3n) is 15.9. The zero-order valence-electron chi connectivity index (χ0n) is 49.5. The van der Waals surface area contributed by atoms with E-state index in [1.807, 2.05) is 13.0 Å². The van der Waals surface area contributed by atoms with Crippen LogP contribution < -0.4 is 11.1 Å². The zero-order valence-corrected chi connectivity index (χ0v) is 49.5. The van der Waals surface area contributed by atoms with Gasteiger partial charge >= 0.3 is 11.9 Å². The Morgan fingerprint density at radius 3 is 2.09 bits per heavy atom. The predicted octanol–water partition coefficient (Wildman–Crippen LogP) is 6.11. The van der Waals surface area contributed by atoms with Gasteiger partial charge in [0.05, 0.1) is 54.9 Å². The van der Waals surface area contributed by atoms with Crippen molar-refractivity contribution in [1.82, 2.24) is 5.32 Å². The van der Waals surface area contributed by atoms with Gasteiger partial charge in [-0.2, -0.15) is 0 Å². The Kier molecular flexibility index (Phi) is 34.0.